The molecule has 0 fully saturated rings. The lowest BCUT2D eigenvalue weighted by Gasteiger charge is -2.26. The quantitative estimate of drug-likeness (QED) is 0.896. The zero-order valence-corrected chi connectivity index (χ0v) is 10.7. The normalized spacial score (nSPS) is 13.1. The van der Waals surface area contributed by atoms with E-state index in [2.05, 4.69) is 0 Å². The van der Waals surface area contributed by atoms with Gasteiger partial charge >= 0.3 is 6.18 Å². The fraction of sp³-hybridized carbons (Fsp3) is 0.462. The fourth-order valence-corrected chi connectivity index (χ4v) is 1.75. The summed E-state index contributed by atoms with van der Waals surface area (Å²) in [7, 11) is 0. The number of rotatable bonds is 5. The zero-order valence-electron chi connectivity index (χ0n) is 10.7. The number of carbonyl (C=O) groups is 1. The SMILES string of the molecule is CCCN(CC(F)(F)F)C(=O)[C@@H](N)c1ccccc1. The summed E-state index contributed by atoms with van der Waals surface area (Å²) in [5.41, 5.74) is 6.24. The monoisotopic (exact) mass is 274 g/mol. The van der Waals surface area contributed by atoms with E-state index in [0.717, 1.165) is 4.90 Å². The topological polar surface area (TPSA) is 46.3 Å². The number of amides is 1. The molecule has 0 spiro atoms. The van der Waals surface area contributed by atoms with E-state index in [9.17, 15) is 18.0 Å². The van der Waals surface area contributed by atoms with Crippen LogP contribution in [0.5, 0.6) is 0 Å². The van der Waals surface area contributed by atoms with Crippen molar-refractivity contribution in [2.24, 2.45) is 5.73 Å². The summed E-state index contributed by atoms with van der Waals surface area (Å²) >= 11 is 0. The van der Waals surface area contributed by atoms with Gasteiger partial charge in [0, 0.05) is 6.54 Å². The second-order valence-corrected chi connectivity index (χ2v) is 4.26. The van der Waals surface area contributed by atoms with Crippen LogP contribution >= 0.6 is 0 Å². The molecule has 0 bridgehead atoms. The van der Waals surface area contributed by atoms with Crippen molar-refractivity contribution in [1.82, 2.24) is 4.90 Å². The smallest absolute Gasteiger partial charge is 0.332 e. The number of alkyl halides is 3. The molecule has 1 aromatic carbocycles. The first-order valence-electron chi connectivity index (χ1n) is 6.01. The molecule has 106 valence electrons. The Morgan fingerprint density at radius 2 is 1.89 bits per heavy atom. The summed E-state index contributed by atoms with van der Waals surface area (Å²) in [6, 6.07) is 7.32. The minimum Gasteiger partial charge on any atom is -0.332 e. The number of nitrogens with two attached hydrogens (primary N) is 1. The van der Waals surface area contributed by atoms with E-state index in [4.69, 9.17) is 5.73 Å². The van der Waals surface area contributed by atoms with E-state index in [1.165, 1.54) is 0 Å². The third-order valence-corrected chi connectivity index (χ3v) is 2.60. The summed E-state index contributed by atoms with van der Waals surface area (Å²) in [6.07, 6.45) is -3.97. The van der Waals surface area contributed by atoms with Gasteiger partial charge in [-0.1, -0.05) is 37.3 Å². The van der Waals surface area contributed by atoms with Gasteiger partial charge in [0.25, 0.3) is 0 Å². The van der Waals surface area contributed by atoms with Crippen molar-refractivity contribution in [3.63, 3.8) is 0 Å². The first-order chi connectivity index (χ1) is 8.85. The molecule has 0 heterocycles. The third-order valence-electron chi connectivity index (χ3n) is 2.60. The highest BCUT2D eigenvalue weighted by Crippen LogP contribution is 2.20. The minimum atomic E-state index is -4.42. The van der Waals surface area contributed by atoms with E-state index in [1.54, 1.807) is 37.3 Å². The minimum absolute atomic E-state index is 0.0406. The van der Waals surface area contributed by atoms with Crippen LogP contribution in [0.2, 0.25) is 0 Å². The second-order valence-electron chi connectivity index (χ2n) is 4.26. The van der Waals surface area contributed by atoms with E-state index in [-0.39, 0.29) is 6.54 Å². The van der Waals surface area contributed by atoms with E-state index < -0.39 is 24.7 Å². The van der Waals surface area contributed by atoms with Gasteiger partial charge < -0.3 is 10.6 Å². The van der Waals surface area contributed by atoms with Gasteiger partial charge in [0.05, 0.1) is 0 Å². The van der Waals surface area contributed by atoms with Crippen molar-refractivity contribution in [3.8, 4) is 0 Å². The highest BCUT2D eigenvalue weighted by Gasteiger charge is 2.34. The summed E-state index contributed by atoms with van der Waals surface area (Å²) in [5, 5.41) is 0. The molecule has 19 heavy (non-hydrogen) atoms. The van der Waals surface area contributed by atoms with Crippen LogP contribution in [0.25, 0.3) is 0 Å². The molecule has 0 saturated heterocycles. The zero-order chi connectivity index (χ0) is 14.5. The number of carbonyl (C=O) groups excluding carboxylic acids is 1. The Kier molecular flexibility index (Phi) is 5.35. The molecule has 0 saturated carbocycles. The van der Waals surface area contributed by atoms with Gasteiger partial charge in [-0.05, 0) is 12.0 Å². The Balaban J connectivity index is 2.82. The molecule has 1 amide bonds. The molecule has 0 aliphatic heterocycles. The van der Waals surface area contributed by atoms with Crippen LogP contribution in [0.4, 0.5) is 13.2 Å². The van der Waals surface area contributed by atoms with Crippen molar-refractivity contribution in [2.45, 2.75) is 25.6 Å². The Bertz CT molecular complexity index is 406. The predicted octanol–water partition coefficient (Wildman–Crippen LogP) is 2.49. The lowest BCUT2D eigenvalue weighted by Crippen LogP contribution is -2.44. The average Bonchev–Trinajstić information content (AvgIpc) is 2.36. The average molecular weight is 274 g/mol. The van der Waals surface area contributed by atoms with Crippen LogP contribution in [-0.4, -0.2) is 30.1 Å². The van der Waals surface area contributed by atoms with E-state index in [0.29, 0.717) is 12.0 Å². The van der Waals surface area contributed by atoms with E-state index >= 15 is 0 Å². The van der Waals surface area contributed by atoms with Crippen LogP contribution in [0.1, 0.15) is 24.9 Å². The third kappa shape index (κ3) is 4.90. The van der Waals surface area contributed by atoms with Crippen molar-refractivity contribution < 1.29 is 18.0 Å². The molecular weight excluding hydrogens is 257 g/mol. The van der Waals surface area contributed by atoms with Crippen molar-refractivity contribution in [3.05, 3.63) is 35.9 Å². The number of halogens is 3. The van der Waals surface area contributed by atoms with Gasteiger partial charge in [-0.3, -0.25) is 4.79 Å². The molecule has 0 radical (unpaired) electrons. The Morgan fingerprint density at radius 3 is 2.37 bits per heavy atom. The number of hydrogen-bond donors (Lipinski definition) is 1. The number of benzene rings is 1. The Hall–Kier alpha value is -1.56. The van der Waals surface area contributed by atoms with Gasteiger partial charge in [-0.15, -0.1) is 0 Å². The largest absolute Gasteiger partial charge is 0.406 e. The summed E-state index contributed by atoms with van der Waals surface area (Å²) in [5.74, 6) is -0.703. The maximum absolute atomic E-state index is 12.4. The molecule has 6 heteroatoms. The molecule has 1 atom stereocenters. The molecule has 1 rings (SSSR count). The van der Waals surface area contributed by atoms with Crippen LogP contribution in [-0.2, 0) is 4.79 Å². The predicted molar refractivity (Wildman–Crippen MR) is 66.3 cm³/mol. The van der Waals surface area contributed by atoms with Gasteiger partial charge in [0.2, 0.25) is 5.91 Å². The fourth-order valence-electron chi connectivity index (χ4n) is 1.75. The summed E-state index contributed by atoms with van der Waals surface area (Å²) < 4.78 is 37.3. The lowest BCUT2D eigenvalue weighted by molar-refractivity contribution is -0.162. The number of hydrogen-bond acceptors (Lipinski definition) is 2. The standard InChI is InChI=1S/C13H17F3N2O/c1-2-8-18(9-13(14,15)16)12(19)11(17)10-6-4-3-5-7-10/h3-7,11H,2,8-9,17H2,1H3/t11-/m0/s1. The van der Waals surface area contributed by atoms with Crippen molar-refractivity contribution in [1.29, 1.82) is 0 Å². The first-order valence-corrected chi connectivity index (χ1v) is 6.01. The first kappa shape index (κ1) is 15.5. The van der Waals surface area contributed by atoms with Crippen LogP contribution in [0.3, 0.4) is 0 Å². The second kappa shape index (κ2) is 6.56. The van der Waals surface area contributed by atoms with Gasteiger partial charge in [-0.2, -0.15) is 13.2 Å². The van der Waals surface area contributed by atoms with Gasteiger partial charge in [-0.25, -0.2) is 0 Å². The molecule has 0 aliphatic rings. The Morgan fingerprint density at radius 1 is 1.32 bits per heavy atom. The lowest BCUT2D eigenvalue weighted by atomic mass is 10.1. The molecular formula is C13H17F3N2O. The van der Waals surface area contributed by atoms with Gasteiger partial charge in [0.15, 0.2) is 0 Å². The molecule has 2 N–H and O–H groups in total. The molecule has 0 aromatic heterocycles. The highest BCUT2D eigenvalue weighted by molar-refractivity contribution is 5.83. The molecule has 0 aliphatic carbocycles. The van der Waals surface area contributed by atoms with Crippen molar-refractivity contribution >= 4 is 5.91 Å². The highest BCUT2D eigenvalue weighted by atomic mass is 19.4. The van der Waals surface area contributed by atoms with Gasteiger partial charge in [0.1, 0.15) is 12.6 Å². The van der Waals surface area contributed by atoms with Crippen LogP contribution in [0.15, 0.2) is 30.3 Å². The summed E-state index contributed by atoms with van der Waals surface area (Å²) in [4.78, 5) is 12.8. The van der Waals surface area contributed by atoms with Crippen molar-refractivity contribution in [2.75, 3.05) is 13.1 Å². The van der Waals surface area contributed by atoms with E-state index in [1.807, 2.05) is 0 Å². The molecule has 0 unspecified atom stereocenters. The van der Waals surface area contributed by atoms with Crippen LogP contribution < -0.4 is 5.73 Å². The summed E-state index contributed by atoms with van der Waals surface area (Å²) in [6.45, 7) is 0.490. The van der Waals surface area contributed by atoms with Crippen LogP contribution in [0, 0.1) is 0 Å². The Labute approximate surface area is 110 Å². The molecule has 1 aromatic rings. The maximum Gasteiger partial charge on any atom is 0.406 e. The molecule has 3 nitrogen and oxygen atoms in total. The number of nitrogens with zero attached hydrogens (tertiary/aromatic N) is 1. The maximum atomic E-state index is 12.4.